The number of imidazole rings is 1. The van der Waals surface area contributed by atoms with Gasteiger partial charge in [0.2, 0.25) is 11.9 Å². The second-order valence-corrected chi connectivity index (χ2v) is 9.06. The Morgan fingerprint density at radius 2 is 1.79 bits per heavy atom. The van der Waals surface area contributed by atoms with Gasteiger partial charge in [0.15, 0.2) is 5.16 Å². The molecule has 8 nitrogen and oxygen atoms in total. The molecule has 1 saturated carbocycles. The summed E-state index contributed by atoms with van der Waals surface area (Å²) in [5.41, 5.74) is 0. The number of carbonyl (C=O) groups is 1. The third-order valence-electron chi connectivity index (χ3n) is 5.66. The Balaban J connectivity index is 1.15. The monoisotopic (exact) mass is 415 g/mol. The Hall–Kier alpha value is -2.13. The van der Waals surface area contributed by atoms with E-state index in [4.69, 9.17) is 0 Å². The topological polar surface area (TPSA) is 79.2 Å². The molecule has 1 aliphatic heterocycles. The summed E-state index contributed by atoms with van der Waals surface area (Å²) < 4.78 is 2.07. The van der Waals surface area contributed by atoms with Crippen LogP contribution in [0, 0.1) is 0 Å². The fourth-order valence-electron chi connectivity index (χ4n) is 3.98. The van der Waals surface area contributed by atoms with Crippen LogP contribution in [0.25, 0.3) is 0 Å². The highest BCUT2D eigenvalue weighted by Crippen LogP contribution is 2.32. The van der Waals surface area contributed by atoms with Crippen LogP contribution in [-0.2, 0) is 11.8 Å². The van der Waals surface area contributed by atoms with Crippen molar-refractivity contribution in [2.75, 3.05) is 37.6 Å². The van der Waals surface area contributed by atoms with Crippen LogP contribution in [-0.4, -0.2) is 74.3 Å². The maximum absolute atomic E-state index is 12.5. The first-order valence-corrected chi connectivity index (χ1v) is 11.2. The van der Waals surface area contributed by atoms with Gasteiger partial charge in [-0.2, -0.15) is 0 Å². The van der Waals surface area contributed by atoms with Crippen molar-refractivity contribution < 1.29 is 4.79 Å². The number of anilines is 1. The van der Waals surface area contributed by atoms with E-state index in [1.54, 1.807) is 12.4 Å². The molecule has 0 atom stereocenters. The van der Waals surface area contributed by atoms with Gasteiger partial charge in [-0.05, 0) is 31.7 Å². The largest absolute Gasteiger partial charge is 0.352 e. The summed E-state index contributed by atoms with van der Waals surface area (Å²) in [5.74, 6) is 0.923. The Bertz CT molecular complexity index is 783. The minimum Gasteiger partial charge on any atom is -0.352 e. The van der Waals surface area contributed by atoms with Crippen molar-refractivity contribution in [1.82, 2.24) is 29.7 Å². The lowest BCUT2D eigenvalue weighted by atomic mass is 9.95. The molecule has 9 heteroatoms. The normalized spacial score (nSPS) is 23.1. The summed E-state index contributed by atoms with van der Waals surface area (Å²) in [6.45, 7) is 3.91. The predicted octanol–water partition coefficient (Wildman–Crippen LogP) is 1.55. The highest BCUT2D eigenvalue weighted by atomic mass is 32.2. The van der Waals surface area contributed by atoms with Crippen molar-refractivity contribution in [3.8, 4) is 0 Å². The molecule has 156 valence electrons. The van der Waals surface area contributed by atoms with E-state index < -0.39 is 0 Å². The standard InChI is InChI=1S/C20H29N7OS/c1-25-10-9-23-20(25)29-17-5-3-16(4-6-17)24-18(28)15-26-11-13-27(14-12-26)19-21-7-2-8-22-19/h2,7-10,16-17H,3-6,11-15H2,1H3,(H,24,28). The molecule has 0 bridgehead atoms. The molecular weight excluding hydrogens is 386 g/mol. The summed E-state index contributed by atoms with van der Waals surface area (Å²) >= 11 is 1.86. The van der Waals surface area contributed by atoms with Gasteiger partial charge in [-0.3, -0.25) is 9.69 Å². The second-order valence-electron chi connectivity index (χ2n) is 7.79. The molecule has 2 aliphatic rings. The van der Waals surface area contributed by atoms with Gasteiger partial charge in [-0.1, -0.05) is 11.8 Å². The zero-order chi connectivity index (χ0) is 20.1. The Morgan fingerprint density at radius 3 is 2.45 bits per heavy atom. The average Bonchev–Trinajstić information content (AvgIpc) is 3.15. The highest BCUT2D eigenvalue weighted by molar-refractivity contribution is 7.99. The summed E-state index contributed by atoms with van der Waals surface area (Å²) in [6.07, 6.45) is 11.7. The van der Waals surface area contributed by atoms with E-state index in [9.17, 15) is 4.79 Å². The number of aromatic nitrogens is 4. The van der Waals surface area contributed by atoms with Crippen LogP contribution in [0.15, 0.2) is 36.0 Å². The van der Waals surface area contributed by atoms with Crippen molar-refractivity contribution in [1.29, 1.82) is 0 Å². The Kier molecular flexibility index (Phi) is 6.66. The summed E-state index contributed by atoms with van der Waals surface area (Å²) in [6, 6.07) is 2.13. The second kappa shape index (κ2) is 9.58. The fraction of sp³-hybridized carbons (Fsp3) is 0.600. The fourth-order valence-corrected chi connectivity index (χ4v) is 5.13. The molecule has 0 aromatic carbocycles. The number of amides is 1. The van der Waals surface area contributed by atoms with E-state index in [1.807, 2.05) is 37.3 Å². The van der Waals surface area contributed by atoms with Crippen LogP contribution in [0.1, 0.15) is 25.7 Å². The molecule has 29 heavy (non-hydrogen) atoms. The molecule has 3 heterocycles. The van der Waals surface area contributed by atoms with Crippen molar-refractivity contribution in [3.05, 3.63) is 30.9 Å². The molecule has 0 unspecified atom stereocenters. The SMILES string of the molecule is Cn1ccnc1SC1CCC(NC(=O)CN2CCN(c3ncccn3)CC2)CC1. The third-order valence-corrected chi connectivity index (χ3v) is 7.07. The molecule has 2 fully saturated rings. The number of nitrogens with one attached hydrogen (secondary N) is 1. The number of aryl methyl sites for hydroxylation is 1. The van der Waals surface area contributed by atoms with Crippen LogP contribution >= 0.6 is 11.8 Å². The summed E-state index contributed by atoms with van der Waals surface area (Å²) in [7, 11) is 2.04. The van der Waals surface area contributed by atoms with Gasteiger partial charge in [0.05, 0.1) is 6.54 Å². The maximum atomic E-state index is 12.5. The summed E-state index contributed by atoms with van der Waals surface area (Å²) in [5, 5.41) is 4.93. The number of piperazine rings is 1. The Labute approximate surface area is 176 Å². The first-order chi connectivity index (χ1) is 14.2. The van der Waals surface area contributed by atoms with Gasteiger partial charge < -0.3 is 14.8 Å². The van der Waals surface area contributed by atoms with Gasteiger partial charge in [-0.15, -0.1) is 0 Å². The molecule has 2 aromatic heterocycles. The Morgan fingerprint density at radius 1 is 1.07 bits per heavy atom. The maximum Gasteiger partial charge on any atom is 0.234 e. The number of nitrogens with zero attached hydrogens (tertiary/aromatic N) is 6. The van der Waals surface area contributed by atoms with E-state index in [2.05, 4.69) is 34.6 Å². The molecule has 1 aliphatic carbocycles. The van der Waals surface area contributed by atoms with Crippen molar-refractivity contribution in [2.45, 2.75) is 42.1 Å². The first-order valence-electron chi connectivity index (χ1n) is 10.3. The third kappa shape index (κ3) is 5.48. The van der Waals surface area contributed by atoms with E-state index >= 15 is 0 Å². The van der Waals surface area contributed by atoms with E-state index in [-0.39, 0.29) is 5.91 Å². The van der Waals surface area contributed by atoms with Gasteiger partial charge in [-0.25, -0.2) is 15.0 Å². The number of rotatable bonds is 6. The van der Waals surface area contributed by atoms with Crippen molar-refractivity contribution >= 4 is 23.6 Å². The average molecular weight is 416 g/mol. The molecule has 0 radical (unpaired) electrons. The van der Waals surface area contributed by atoms with Crippen LogP contribution in [0.5, 0.6) is 0 Å². The molecule has 1 saturated heterocycles. The van der Waals surface area contributed by atoms with Gasteiger partial charge in [0.25, 0.3) is 0 Å². The van der Waals surface area contributed by atoms with E-state index in [0.717, 1.165) is 63.0 Å². The van der Waals surface area contributed by atoms with Crippen molar-refractivity contribution in [3.63, 3.8) is 0 Å². The minimum absolute atomic E-state index is 0.148. The number of carbonyl (C=O) groups excluding carboxylic acids is 1. The van der Waals surface area contributed by atoms with Gasteiger partial charge >= 0.3 is 0 Å². The highest BCUT2D eigenvalue weighted by Gasteiger charge is 2.25. The van der Waals surface area contributed by atoms with Crippen LogP contribution in [0.3, 0.4) is 0 Å². The lowest BCUT2D eigenvalue weighted by Crippen LogP contribution is -2.51. The van der Waals surface area contributed by atoms with Gasteiger partial charge in [0, 0.05) is 69.3 Å². The zero-order valence-corrected chi connectivity index (χ0v) is 17.7. The van der Waals surface area contributed by atoms with Crippen molar-refractivity contribution in [2.24, 2.45) is 7.05 Å². The minimum atomic E-state index is 0.148. The lowest BCUT2D eigenvalue weighted by Gasteiger charge is -2.35. The molecule has 1 amide bonds. The summed E-state index contributed by atoms with van der Waals surface area (Å²) in [4.78, 5) is 29.9. The molecule has 0 spiro atoms. The van der Waals surface area contributed by atoms with Crippen LogP contribution in [0.4, 0.5) is 5.95 Å². The zero-order valence-electron chi connectivity index (χ0n) is 16.9. The van der Waals surface area contributed by atoms with Crippen LogP contribution in [0.2, 0.25) is 0 Å². The van der Waals surface area contributed by atoms with Crippen LogP contribution < -0.4 is 10.2 Å². The predicted molar refractivity (Wildman–Crippen MR) is 114 cm³/mol. The lowest BCUT2D eigenvalue weighted by molar-refractivity contribution is -0.123. The smallest absolute Gasteiger partial charge is 0.234 e. The number of hydrogen-bond acceptors (Lipinski definition) is 7. The van der Waals surface area contributed by atoms with Gasteiger partial charge in [0.1, 0.15) is 0 Å². The quantitative estimate of drug-likeness (QED) is 0.767. The number of hydrogen-bond donors (Lipinski definition) is 1. The molecular formula is C20H29N7OS. The molecule has 4 rings (SSSR count). The first kappa shape index (κ1) is 20.2. The molecule has 2 aromatic rings. The van der Waals surface area contributed by atoms with E-state index in [1.165, 1.54) is 0 Å². The number of thioether (sulfide) groups is 1. The molecule has 1 N–H and O–H groups in total. The van der Waals surface area contributed by atoms with E-state index in [0.29, 0.717) is 17.8 Å².